The minimum Gasteiger partial charge on any atom is -0.396 e. The number of carbonyl (C=O) groups is 1. The molecule has 1 amide bonds. The first-order valence-corrected chi connectivity index (χ1v) is 3.61. The van der Waals surface area contributed by atoms with Gasteiger partial charge >= 0.3 is 0 Å². The minimum atomic E-state index is 0.116. The molecule has 1 aliphatic rings. The first-order chi connectivity index (χ1) is 4.74. The highest BCUT2D eigenvalue weighted by Gasteiger charge is 2.25. The minimum absolute atomic E-state index is 0.116. The Morgan fingerprint density at radius 1 is 1.90 bits per heavy atom. The third kappa shape index (κ3) is 1.48. The van der Waals surface area contributed by atoms with E-state index in [4.69, 9.17) is 5.11 Å². The van der Waals surface area contributed by atoms with E-state index in [1.807, 2.05) is 6.92 Å². The van der Waals surface area contributed by atoms with Gasteiger partial charge in [0.2, 0.25) is 5.91 Å². The van der Waals surface area contributed by atoms with E-state index in [2.05, 4.69) is 5.32 Å². The van der Waals surface area contributed by atoms with Gasteiger partial charge in [0.25, 0.3) is 0 Å². The van der Waals surface area contributed by atoms with E-state index >= 15 is 0 Å². The molecule has 10 heavy (non-hydrogen) atoms. The van der Waals surface area contributed by atoms with Gasteiger partial charge in [-0.3, -0.25) is 4.79 Å². The summed E-state index contributed by atoms with van der Waals surface area (Å²) < 4.78 is 0. The molecule has 2 atom stereocenters. The zero-order valence-electron chi connectivity index (χ0n) is 6.13. The summed E-state index contributed by atoms with van der Waals surface area (Å²) in [7, 11) is 0. The second-order valence-electron chi connectivity index (χ2n) is 2.93. The highest BCUT2D eigenvalue weighted by molar-refractivity contribution is 5.78. The molecule has 3 heteroatoms. The van der Waals surface area contributed by atoms with Gasteiger partial charge in [-0.2, -0.15) is 0 Å². The zero-order valence-corrected chi connectivity index (χ0v) is 6.13. The molecule has 2 N–H and O–H groups in total. The van der Waals surface area contributed by atoms with E-state index in [9.17, 15) is 4.79 Å². The fourth-order valence-electron chi connectivity index (χ4n) is 1.18. The van der Waals surface area contributed by atoms with Crippen molar-refractivity contribution in [2.75, 3.05) is 13.2 Å². The van der Waals surface area contributed by atoms with Crippen LogP contribution < -0.4 is 5.32 Å². The quantitative estimate of drug-likeness (QED) is 0.560. The monoisotopic (exact) mass is 143 g/mol. The summed E-state index contributed by atoms with van der Waals surface area (Å²) in [6, 6.07) is 0. The predicted molar refractivity (Wildman–Crippen MR) is 37.4 cm³/mol. The lowest BCUT2D eigenvalue weighted by atomic mass is 9.94. The summed E-state index contributed by atoms with van der Waals surface area (Å²) in [5.41, 5.74) is 0. The smallest absolute Gasteiger partial charge is 0.220 e. The Bertz CT molecular complexity index is 136. The van der Waals surface area contributed by atoms with Gasteiger partial charge in [0.15, 0.2) is 0 Å². The highest BCUT2D eigenvalue weighted by Crippen LogP contribution is 2.18. The molecule has 0 aromatic heterocycles. The number of aliphatic hydroxyl groups excluding tert-OH is 1. The van der Waals surface area contributed by atoms with E-state index in [0.717, 1.165) is 6.54 Å². The molecule has 0 radical (unpaired) electrons. The number of aliphatic hydroxyl groups is 1. The average molecular weight is 143 g/mol. The van der Waals surface area contributed by atoms with E-state index in [-0.39, 0.29) is 18.4 Å². The van der Waals surface area contributed by atoms with E-state index < -0.39 is 0 Å². The van der Waals surface area contributed by atoms with Crippen molar-refractivity contribution >= 4 is 5.91 Å². The third-order valence-corrected chi connectivity index (χ3v) is 2.10. The van der Waals surface area contributed by atoms with Gasteiger partial charge in [0.1, 0.15) is 0 Å². The highest BCUT2D eigenvalue weighted by atomic mass is 16.3. The average Bonchev–Trinajstić information content (AvgIpc) is 2.34. The molecule has 3 nitrogen and oxygen atoms in total. The molecule has 1 rings (SSSR count). The number of amides is 1. The Labute approximate surface area is 60.4 Å². The normalized spacial score (nSPS) is 28.2. The van der Waals surface area contributed by atoms with Gasteiger partial charge in [-0.25, -0.2) is 0 Å². The summed E-state index contributed by atoms with van der Waals surface area (Å²) in [6.07, 6.45) is 0.585. The van der Waals surface area contributed by atoms with Gasteiger partial charge in [-0.1, -0.05) is 6.92 Å². The van der Waals surface area contributed by atoms with Crippen LogP contribution in [0, 0.1) is 11.8 Å². The number of rotatable bonds is 2. The molecule has 58 valence electrons. The van der Waals surface area contributed by atoms with Crippen LogP contribution in [0.25, 0.3) is 0 Å². The molecule has 1 aliphatic heterocycles. The van der Waals surface area contributed by atoms with Crippen LogP contribution in [0.15, 0.2) is 0 Å². The maximum Gasteiger partial charge on any atom is 0.220 e. The topological polar surface area (TPSA) is 49.3 Å². The van der Waals surface area contributed by atoms with Gasteiger partial charge in [-0.05, 0) is 11.8 Å². The van der Waals surface area contributed by atoms with Gasteiger partial charge < -0.3 is 10.4 Å². The molecule has 0 bridgehead atoms. The van der Waals surface area contributed by atoms with Crippen molar-refractivity contribution in [2.24, 2.45) is 11.8 Å². The van der Waals surface area contributed by atoms with Crippen LogP contribution in [0.5, 0.6) is 0 Å². The Balaban J connectivity index is 2.36. The number of carbonyl (C=O) groups excluding carboxylic acids is 1. The van der Waals surface area contributed by atoms with Crippen LogP contribution in [0.1, 0.15) is 13.3 Å². The first-order valence-electron chi connectivity index (χ1n) is 3.61. The zero-order chi connectivity index (χ0) is 7.56. The maximum atomic E-state index is 10.7. The van der Waals surface area contributed by atoms with E-state index in [1.165, 1.54) is 0 Å². The summed E-state index contributed by atoms with van der Waals surface area (Å²) in [4.78, 5) is 10.7. The van der Waals surface area contributed by atoms with Crippen molar-refractivity contribution in [1.29, 1.82) is 0 Å². The molecular weight excluding hydrogens is 130 g/mol. The number of nitrogens with one attached hydrogen (secondary N) is 1. The lowest BCUT2D eigenvalue weighted by Gasteiger charge is -2.12. The van der Waals surface area contributed by atoms with Crippen molar-refractivity contribution < 1.29 is 9.90 Å². The summed E-state index contributed by atoms with van der Waals surface area (Å²) in [5, 5.41) is 11.5. The molecule has 0 saturated carbocycles. The second kappa shape index (κ2) is 3.01. The largest absolute Gasteiger partial charge is 0.396 e. The molecule has 0 aromatic carbocycles. The van der Waals surface area contributed by atoms with Crippen LogP contribution in [0.3, 0.4) is 0 Å². The maximum absolute atomic E-state index is 10.7. The molecule has 1 saturated heterocycles. The van der Waals surface area contributed by atoms with Crippen molar-refractivity contribution in [3.63, 3.8) is 0 Å². The van der Waals surface area contributed by atoms with Crippen LogP contribution in [0.2, 0.25) is 0 Å². The van der Waals surface area contributed by atoms with Crippen LogP contribution in [-0.2, 0) is 4.79 Å². The Morgan fingerprint density at radius 2 is 2.60 bits per heavy atom. The molecule has 1 heterocycles. The Kier molecular flexibility index (Phi) is 2.27. The summed E-state index contributed by atoms with van der Waals surface area (Å²) in [5.74, 6) is 0.710. The fourth-order valence-corrected chi connectivity index (χ4v) is 1.18. The van der Waals surface area contributed by atoms with Crippen molar-refractivity contribution in [3.8, 4) is 0 Å². The van der Waals surface area contributed by atoms with Gasteiger partial charge in [-0.15, -0.1) is 0 Å². The van der Waals surface area contributed by atoms with E-state index in [0.29, 0.717) is 12.3 Å². The lowest BCUT2D eigenvalue weighted by molar-refractivity contribution is -0.119. The molecule has 2 unspecified atom stereocenters. The van der Waals surface area contributed by atoms with Crippen molar-refractivity contribution in [2.45, 2.75) is 13.3 Å². The lowest BCUT2D eigenvalue weighted by Crippen LogP contribution is -2.18. The van der Waals surface area contributed by atoms with Crippen LogP contribution >= 0.6 is 0 Å². The number of hydrogen-bond acceptors (Lipinski definition) is 2. The Morgan fingerprint density at radius 3 is 3.00 bits per heavy atom. The van der Waals surface area contributed by atoms with Crippen molar-refractivity contribution in [1.82, 2.24) is 5.32 Å². The van der Waals surface area contributed by atoms with Crippen molar-refractivity contribution in [3.05, 3.63) is 0 Å². The second-order valence-corrected chi connectivity index (χ2v) is 2.93. The Hall–Kier alpha value is -0.570. The summed E-state index contributed by atoms with van der Waals surface area (Å²) in [6.45, 7) is 2.88. The standard InChI is InChI=1S/C7H13NO2/c1-5(4-9)6-2-7(10)8-3-6/h5-6,9H,2-4H2,1H3,(H,8,10). The van der Waals surface area contributed by atoms with Crippen LogP contribution in [0.4, 0.5) is 0 Å². The van der Waals surface area contributed by atoms with Crippen LogP contribution in [-0.4, -0.2) is 24.2 Å². The SMILES string of the molecule is CC(CO)C1CNC(=O)C1. The number of hydrogen-bond donors (Lipinski definition) is 2. The molecule has 0 aliphatic carbocycles. The molecule has 1 fully saturated rings. The van der Waals surface area contributed by atoms with Gasteiger partial charge in [0.05, 0.1) is 0 Å². The third-order valence-electron chi connectivity index (χ3n) is 2.10. The molecule has 0 spiro atoms. The van der Waals surface area contributed by atoms with Gasteiger partial charge in [0, 0.05) is 19.6 Å². The summed E-state index contributed by atoms with van der Waals surface area (Å²) >= 11 is 0. The molecule has 0 aromatic rings. The predicted octanol–water partition coefficient (Wildman–Crippen LogP) is -0.249. The van der Waals surface area contributed by atoms with E-state index in [1.54, 1.807) is 0 Å². The fraction of sp³-hybridized carbons (Fsp3) is 0.857. The molecular formula is C7H13NO2. The first kappa shape index (κ1) is 7.54.